The summed E-state index contributed by atoms with van der Waals surface area (Å²) in [5.74, 6) is 0. The molecule has 13 heavy (non-hydrogen) atoms. The van der Waals surface area contributed by atoms with Gasteiger partial charge in [0.2, 0.25) is 0 Å². The molecular weight excluding hydrogens is 406 g/mol. The van der Waals surface area contributed by atoms with E-state index in [4.69, 9.17) is 4.74 Å². The van der Waals surface area contributed by atoms with E-state index in [0.29, 0.717) is 1.05 Å². The standard InChI is InChI=1S/C9H18I2OSi/c1-8(2)7-12-6-4-3-5-9(10,11)13/h1,3-7H2,2,13H3. The average molecular weight is 424 g/mol. The summed E-state index contributed by atoms with van der Waals surface area (Å²) >= 11 is 5.08. The summed E-state index contributed by atoms with van der Waals surface area (Å²) in [5, 5.41) is 0. The lowest BCUT2D eigenvalue weighted by Crippen LogP contribution is -2.10. The van der Waals surface area contributed by atoms with Crippen LogP contribution < -0.4 is 0 Å². The van der Waals surface area contributed by atoms with Gasteiger partial charge in [0.15, 0.2) is 0 Å². The summed E-state index contributed by atoms with van der Waals surface area (Å²) in [7, 11) is 1.26. The van der Waals surface area contributed by atoms with E-state index in [1.54, 1.807) is 0 Å². The van der Waals surface area contributed by atoms with E-state index < -0.39 is 0 Å². The molecule has 1 nitrogen and oxygen atoms in total. The maximum Gasteiger partial charge on any atom is 0.0671 e. The highest BCUT2D eigenvalue weighted by Crippen LogP contribution is 2.28. The van der Waals surface area contributed by atoms with Gasteiger partial charge in [0.05, 0.1) is 7.66 Å². The Kier molecular flexibility index (Phi) is 8.45. The number of alkyl halides is 2. The smallest absolute Gasteiger partial charge is 0.0671 e. The zero-order valence-electron chi connectivity index (χ0n) is 8.41. The molecule has 0 aliphatic rings. The van der Waals surface area contributed by atoms with Crippen LogP contribution in [-0.4, -0.2) is 24.5 Å². The van der Waals surface area contributed by atoms with Crippen molar-refractivity contribution >= 4 is 55.4 Å². The van der Waals surface area contributed by atoms with Gasteiger partial charge in [-0.3, -0.25) is 0 Å². The molecule has 78 valence electrons. The van der Waals surface area contributed by atoms with Crippen molar-refractivity contribution in [3.05, 3.63) is 12.2 Å². The van der Waals surface area contributed by atoms with Crippen molar-refractivity contribution in [2.75, 3.05) is 13.2 Å². The van der Waals surface area contributed by atoms with Crippen LogP contribution >= 0.6 is 45.2 Å². The monoisotopic (exact) mass is 424 g/mol. The molecule has 0 atom stereocenters. The van der Waals surface area contributed by atoms with Gasteiger partial charge in [0.25, 0.3) is 0 Å². The molecule has 0 fully saturated rings. The van der Waals surface area contributed by atoms with E-state index in [-0.39, 0.29) is 0 Å². The Morgan fingerprint density at radius 2 is 2.08 bits per heavy atom. The van der Waals surface area contributed by atoms with Gasteiger partial charge in [0, 0.05) is 16.8 Å². The van der Waals surface area contributed by atoms with E-state index in [0.717, 1.165) is 18.8 Å². The van der Waals surface area contributed by atoms with Gasteiger partial charge in [-0.25, -0.2) is 0 Å². The zero-order chi connectivity index (χ0) is 10.3. The van der Waals surface area contributed by atoms with Crippen molar-refractivity contribution in [3.63, 3.8) is 0 Å². The molecule has 0 amide bonds. The first-order chi connectivity index (χ1) is 5.92. The van der Waals surface area contributed by atoms with E-state index in [1.807, 2.05) is 6.92 Å². The summed E-state index contributed by atoms with van der Waals surface area (Å²) in [6.07, 6.45) is 3.78. The Hall–Kier alpha value is 1.38. The fourth-order valence-corrected chi connectivity index (χ4v) is 2.00. The fourth-order valence-electron chi connectivity index (χ4n) is 0.886. The molecule has 0 radical (unpaired) electrons. The van der Waals surface area contributed by atoms with Gasteiger partial charge in [-0.1, -0.05) is 57.3 Å². The van der Waals surface area contributed by atoms with E-state index in [9.17, 15) is 0 Å². The highest BCUT2D eigenvalue weighted by atomic mass is 127. The second-order valence-electron chi connectivity index (χ2n) is 3.54. The molecule has 0 N–H and O–H groups in total. The first-order valence-electron chi connectivity index (χ1n) is 4.52. The minimum atomic E-state index is 0.546. The van der Waals surface area contributed by atoms with Crippen LogP contribution in [0.2, 0.25) is 0 Å². The normalized spacial score (nSPS) is 11.9. The van der Waals surface area contributed by atoms with E-state index >= 15 is 0 Å². The first-order valence-corrected chi connectivity index (χ1v) is 7.67. The van der Waals surface area contributed by atoms with Crippen LogP contribution in [0.4, 0.5) is 0 Å². The predicted molar refractivity (Wildman–Crippen MR) is 80.2 cm³/mol. The highest BCUT2D eigenvalue weighted by molar-refractivity contribution is 14.2. The van der Waals surface area contributed by atoms with Gasteiger partial charge in [-0.05, 0) is 26.2 Å². The predicted octanol–water partition coefficient (Wildman–Crippen LogP) is 2.64. The third-order valence-corrected chi connectivity index (χ3v) is 3.08. The van der Waals surface area contributed by atoms with Gasteiger partial charge in [-0.2, -0.15) is 0 Å². The summed E-state index contributed by atoms with van der Waals surface area (Å²) in [6, 6.07) is 0. The molecule has 0 spiro atoms. The molecule has 0 saturated carbocycles. The molecule has 0 aliphatic carbocycles. The Morgan fingerprint density at radius 3 is 2.54 bits per heavy atom. The fraction of sp³-hybridized carbons (Fsp3) is 0.778. The third-order valence-electron chi connectivity index (χ3n) is 1.50. The van der Waals surface area contributed by atoms with E-state index in [2.05, 4.69) is 51.8 Å². The summed E-state index contributed by atoms with van der Waals surface area (Å²) in [5.41, 5.74) is 1.11. The second-order valence-corrected chi connectivity index (χ2v) is 16.1. The van der Waals surface area contributed by atoms with Crippen molar-refractivity contribution in [1.82, 2.24) is 0 Å². The molecule has 4 heteroatoms. The Balaban J connectivity index is 3.13. The average Bonchev–Trinajstić information content (AvgIpc) is 1.93. The van der Waals surface area contributed by atoms with Crippen molar-refractivity contribution in [3.8, 4) is 0 Å². The topological polar surface area (TPSA) is 9.23 Å². The van der Waals surface area contributed by atoms with Crippen LogP contribution in [0.15, 0.2) is 12.2 Å². The number of rotatable bonds is 7. The number of hydrogen-bond acceptors (Lipinski definition) is 1. The van der Waals surface area contributed by atoms with Crippen molar-refractivity contribution in [2.24, 2.45) is 0 Å². The maximum absolute atomic E-state index is 5.42. The van der Waals surface area contributed by atoms with Crippen molar-refractivity contribution in [1.29, 1.82) is 0 Å². The number of hydrogen-bond donors (Lipinski definition) is 0. The Morgan fingerprint density at radius 1 is 1.46 bits per heavy atom. The third kappa shape index (κ3) is 13.4. The molecule has 0 rings (SSSR count). The largest absolute Gasteiger partial charge is 0.377 e. The van der Waals surface area contributed by atoms with Gasteiger partial charge in [-0.15, -0.1) is 0 Å². The lowest BCUT2D eigenvalue weighted by atomic mass is 10.3. The Labute approximate surface area is 112 Å². The maximum atomic E-state index is 5.42. The minimum Gasteiger partial charge on any atom is -0.377 e. The van der Waals surface area contributed by atoms with Crippen LogP contribution in [0.3, 0.4) is 0 Å². The molecular formula is C9H18I2OSi. The number of ether oxygens (including phenoxy) is 1. The molecule has 0 aliphatic heterocycles. The van der Waals surface area contributed by atoms with Gasteiger partial charge in [0.1, 0.15) is 0 Å². The Bertz CT molecular complexity index is 154. The van der Waals surface area contributed by atoms with Crippen LogP contribution in [0, 0.1) is 0 Å². The quantitative estimate of drug-likeness (QED) is 0.201. The van der Waals surface area contributed by atoms with Crippen molar-refractivity contribution < 1.29 is 4.74 Å². The lowest BCUT2D eigenvalue weighted by Gasteiger charge is -2.13. The van der Waals surface area contributed by atoms with Crippen LogP contribution in [0.5, 0.6) is 0 Å². The minimum absolute atomic E-state index is 0.546. The zero-order valence-corrected chi connectivity index (χ0v) is 14.7. The van der Waals surface area contributed by atoms with Gasteiger partial charge >= 0.3 is 0 Å². The SMILES string of the molecule is C=C(C)COCCCCC([SiH3])(I)I. The summed E-state index contributed by atoms with van der Waals surface area (Å²) in [6.45, 7) is 7.40. The molecule has 0 aromatic carbocycles. The van der Waals surface area contributed by atoms with Crippen LogP contribution in [0.25, 0.3) is 0 Å². The second kappa shape index (κ2) is 7.64. The van der Waals surface area contributed by atoms with Crippen molar-refractivity contribution in [2.45, 2.75) is 27.2 Å². The summed E-state index contributed by atoms with van der Waals surface area (Å²) in [4.78, 5) is 0. The lowest BCUT2D eigenvalue weighted by molar-refractivity contribution is 0.152. The molecule has 0 heterocycles. The number of unbranched alkanes of at least 4 members (excludes halogenated alkanes) is 1. The van der Waals surface area contributed by atoms with Crippen LogP contribution in [-0.2, 0) is 4.74 Å². The molecule has 0 bridgehead atoms. The number of halogens is 2. The van der Waals surface area contributed by atoms with Crippen LogP contribution in [0.1, 0.15) is 26.2 Å². The molecule has 0 aromatic heterocycles. The summed E-state index contributed by atoms with van der Waals surface area (Å²) < 4.78 is 5.96. The van der Waals surface area contributed by atoms with E-state index in [1.165, 1.54) is 29.5 Å². The molecule has 0 saturated heterocycles. The highest BCUT2D eigenvalue weighted by Gasteiger charge is 2.12. The molecule has 0 aromatic rings. The van der Waals surface area contributed by atoms with Gasteiger partial charge < -0.3 is 4.74 Å². The first kappa shape index (κ1) is 14.4. The molecule has 0 unspecified atom stereocenters.